The summed E-state index contributed by atoms with van der Waals surface area (Å²) in [6.45, 7) is 5.34. The molecule has 1 aliphatic rings. The van der Waals surface area contributed by atoms with Crippen molar-refractivity contribution in [2.45, 2.75) is 32.7 Å². The fraction of sp³-hybridized carbons (Fsp3) is 0.562. The monoisotopic (exact) mass is 275 g/mol. The van der Waals surface area contributed by atoms with Gasteiger partial charge in [-0.1, -0.05) is 25.5 Å². The minimum Gasteiger partial charge on any atom is -0.326 e. The van der Waals surface area contributed by atoms with Crippen molar-refractivity contribution in [2.24, 2.45) is 11.7 Å². The first kappa shape index (κ1) is 15.0. The molecule has 1 aromatic carbocycles. The van der Waals surface area contributed by atoms with Crippen molar-refractivity contribution in [3.05, 3.63) is 29.8 Å². The maximum Gasteiger partial charge on any atom is 0.238 e. The standard InChI is InChI=1S/C16H25N3O/c1-2-13-4-3-9-19(11-13)12-16(20)18-15-7-5-14(10-17)6-8-15/h5-8,13H,2-4,9-12,17H2,1H3,(H,18,20). The quantitative estimate of drug-likeness (QED) is 0.866. The first-order valence-electron chi connectivity index (χ1n) is 7.52. The zero-order valence-corrected chi connectivity index (χ0v) is 12.3. The zero-order chi connectivity index (χ0) is 14.4. The molecule has 0 spiro atoms. The summed E-state index contributed by atoms with van der Waals surface area (Å²) < 4.78 is 0. The Kier molecular flexibility index (Phi) is 5.56. The second-order valence-corrected chi connectivity index (χ2v) is 5.60. The second kappa shape index (κ2) is 7.41. The smallest absolute Gasteiger partial charge is 0.238 e. The summed E-state index contributed by atoms with van der Waals surface area (Å²) in [5, 5.41) is 2.95. The van der Waals surface area contributed by atoms with Crippen LogP contribution < -0.4 is 11.1 Å². The first-order valence-corrected chi connectivity index (χ1v) is 7.52. The summed E-state index contributed by atoms with van der Waals surface area (Å²) in [7, 11) is 0. The lowest BCUT2D eigenvalue weighted by molar-refractivity contribution is -0.117. The van der Waals surface area contributed by atoms with Crippen LogP contribution in [0, 0.1) is 5.92 Å². The Balaban J connectivity index is 1.82. The SMILES string of the molecule is CCC1CCCN(CC(=O)Nc2ccc(CN)cc2)C1. The summed E-state index contributed by atoms with van der Waals surface area (Å²) in [4.78, 5) is 14.3. The molecule has 4 heteroatoms. The van der Waals surface area contributed by atoms with E-state index in [0.29, 0.717) is 13.1 Å². The summed E-state index contributed by atoms with van der Waals surface area (Å²) in [6.07, 6.45) is 3.71. The second-order valence-electron chi connectivity index (χ2n) is 5.60. The van der Waals surface area contributed by atoms with Gasteiger partial charge >= 0.3 is 0 Å². The lowest BCUT2D eigenvalue weighted by Crippen LogP contribution is -2.40. The molecule has 0 saturated carbocycles. The van der Waals surface area contributed by atoms with Crippen LogP contribution in [0.3, 0.4) is 0 Å². The average Bonchev–Trinajstić information content (AvgIpc) is 2.48. The van der Waals surface area contributed by atoms with Crippen molar-refractivity contribution in [1.29, 1.82) is 0 Å². The Morgan fingerprint density at radius 3 is 2.80 bits per heavy atom. The van der Waals surface area contributed by atoms with Crippen LogP contribution in [0.5, 0.6) is 0 Å². The number of carbonyl (C=O) groups is 1. The molecular weight excluding hydrogens is 250 g/mol. The third-order valence-corrected chi connectivity index (χ3v) is 4.02. The van der Waals surface area contributed by atoms with E-state index in [4.69, 9.17) is 5.73 Å². The predicted octanol–water partition coefficient (Wildman–Crippen LogP) is 2.21. The predicted molar refractivity (Wildman–Crippen MR) is 82.4 cm³/mol. The van der Waals surface area contributed by atoms with Gasteiger partial charge in [-0.05, 0) is 43.0 Å². The molecule has 1 aliphatic heterocycles. The number of anilines is 1. The van der Waals surface area contributed by atoms with Gasteiger partial charge in [-0.15, -0.1) is 0 Å². The maximum absolute atomic E-state index is 12.1. The Labute approximate surface area is 121 Å². The van der Waals surface area contributed by atoms with E-state index in [1.807, 2.05) is 24.3 Å². The van der Waals surface area contributed by atoms with E-state index in [1.165, 1.54) is 19.3 Å². The van der Waals surface area contributed by atoms with E-state index >= 15 is 0 Å². The van der Waals surface area contributed by atoms with Gasteiger partial charge in [0, 0.05) is 18.8 Å². The number of benzene rings is 1. The summed E-state index contributed by atoms with van der Waals surface area (Å²) in [5.41, 5.74) is 7.47. The van der Waals surface area contributed by atoms with Crippen LogP contribution in [-0.4, -0.2) is 30.4 Å². The van der Waals surface area contributed by atoms with Gasteiger partial charge in [-0.3, -0.25) is 9.69 Å². The molecule has 1 amide bonds. The fourth-order valence-electron chi connectivity index (χ4n) is 2.76. The maximum atomic E-state index is 12.1. The summed E-state index contributed by atoms with van der Waals surface area (Å²) >= 11 is 0. The topological polar surface area (TPSA) is 58.4 Å². The number of nitrogens with zero attached hydrogens (tertiary/aromatic N) is 1. The van der Waals surface area contributed by atoms with Gasteiger partial charge in [0.05, 0.1) is 6.54 Å². The first-order chi connectivity index (χ1) is 9.71. The van der Waals surface area contributed by atoms with Crippen LogP contribution >= 0.6 is 0 Å². The molecule has 0 radical (unpaired) electrons. The Morgan fingerprint density at radius 1 is 1.40 bits per heavy atom. The van der Waals surface area contributed by atoms with Crippen molar-refractivity contribution in [1.82, 2.24) is 4.90 Å². The van der Waals surface area contributed by atoms with E-state index in [9.17, 15) is 4.79 Å². The molecule has 1 aromatic rings. The highest BCUT2D eigenvalue weighted by Crippen LogP contribution is 2.19. The molecule has 20 heavy (non-hydrogen) atoms. The van der Waals surface area contributed by atoms with Crippen molar-refractivity contribution in [3.63, 3.8) is 0 Å². The molecule has 0 aliphatic carbocycles. The summed E-state index contributed by atoms with van der Waals surface area (Å²) in [5.74, 6) is 0.822. The molecule has 1 saturated heterocycles. The molecular formula is C16H25N3O. The normalized spacial score (nSPS) is 19.8. The molecule has 1 fully saturated rings. The summed E-state index contributed by atoms with van der Waals surface area (Å²) in [6, 6.07) is 7.71. The molecule has 2 rings (SSSR count). The number of nitrogens with two attached hydrogens (primary N) is 1. The molecule has 3 N–H and O–H groups in total. The highest BCUT2D eigenvalue weighted by atomic mass is 16.2. The molecule has 1 atom stereocenters. The lowest BCUT2D eigenvalue weighted by atomic mass is 9.96. The van der Waals surface area contributed by atoms with Crippen molar-refractivity contribution >= 4 is 11.6 Å². The largest absolute Gasteiger partial charge is 0.326 e. The van der Waals surface area contributed by atoms with Crippen LogP contribution in [0.15, 0.2) is 24.3 Å². The molecule has 0 aromatic heterocycles. The van der Waals surface area contributed by atoms with E-state index in [0.717, 1.165) is 30.3 Å². The van der Waals surface area contributed by atoms with Gasteiger partial charge in [0.15, 0.2) is 0 Å². The van der Waals surface area contributed by atoms with Gasteiger partial charge in [-0.2, -0.15) is 0 Å². The number of hydrogen-bond donors (Lipinski definition) is 2. The van der Waals surface area contributed by atoms with Crippen LogP contribution in [0.2, 0.25) is 0 Å². The van der Waals surface area contributed by atoms with Gasteiger partial charge in [0.25, 0.3) is 0 Å². The fourth-order valence-corrected chi connectivity index (χ4v) is 2.76. The Bertz CT molecular complexity index is 430. The molecule has 0 bridgehead atoms. The van der Waals surface area contributed by atoms with E-state index in [2.05, 4.69) is 17.1 Å². The van der Waals surface area contributed by atoms with E-state index in [1.54, 1.807) is 0 Å². The Hall–Kier alpha value is -1.39. The van der Waals surface area contributed by atoms with Crippen molar-refractivity contribution < 1.29 is 4.79 Å². The highest BCUT2D eigenvalue weighted by molar-refractivity contribution is 5.92. The molecule has 1 heterocycles. The number of carbonyl (C=O) groups excluding carboxylic acids is 1. The number of piperidine rings is 1. The highest BCUT2D eigenvalue weighted by Gasteiger charge is 2.20. The number of amides is 1. The van der Waals surface area contributed by atoms with Crippen LogP contribution in [0.4, 0.5) is 5.69 Å². The van der Waals surface area contributed by atoms with Gasteiger partial charge in [-0.25, -0.2) is 0 Å². The molecule has 1 unspecified atom stereocenters. The number of nitrogens with one attached hydrogen (secondary N) is 1. The Morgan fingerprint density at radius 2 is 2.15 bits per heavy atom. The molecule has 110 valence electrons. The van der Waals surface area contributed by atoms with E-state index < -0.39 is 0 Å². The average molecular weight is 275 g/mol. The van der Waals surface area contributed by atoms with E-state index in [-0.39, 0.29) is 5.91 Å². The minimum atomic E-state index is 0.0715. The number of hydrogen-bond acceptors (Lipinski definition) is 3. The molecule has 4 nitrogen and oxygen atoms in total. The number of likely N-dealkylation sites (tertiary alicyclic amines) is 1. The zero-order valence-electron chi connectivity index (χ0n) is 12.3. The van der Waals surface area contributed by atoms with Crippen LogP contribution in [0.1, 0.15) is 31.7 Å². The third-order valence-electron chi connectivity index (χ3n) is 4.02. The van der Waals surface area contributed by atoms with Crippen molar-refractivity contribution in [2.75, 3.05) is 25.0 Å². The van der Waals surface area contributed by atoms with Crippen LogP contribution in [0.25, 0.3) is 0 Å². The lowest BCUT2D eigenvalue weighted by Gasteiger charge is -2.31. The van der Waals surface area contributed by atoms with Gasteiger partial charge in [0.1, 0.15) is 0 Å². The van der Waals surface area contributed by atoms with Gasteiger partial charge < -0.3 is 11.1 Å². The number of rotatable bonds is 5. The van der Waals surface area contributed by atoms with Gasteiger partial charge in [0.2, 0.25) is 5.91 Å². The third kappa shape index (κ3) is 4.32. The minimum absolute atomic E-state index is 0.0715. The van der Waals surface area contributed by atoms with Crippen molar-refractivity contribution in [3.8, 4) is 0 Å². The van der Waals surface area contributed by atoms with Crippen LogP contribution in [-0.2, 0) is 11.3 Å².